The van der Waals surface area contributed by atoms with Crippen molar-refractivity contribution in [3.05, 3.63) is 0 Å². The average molecular weight is 345 g/mol. The zero-order chi connectivity index (χ0) is 19.4. The Morgan fingerprint density at radius 1 is 1.12 bits per heavy atom. The Bertz CT molecular complexity index is 242. The molecule has 1 rings (SSSR count). The molecule has 146 valence electrons. The summed E-state index contributed by atoms with van der Waals surface area (Å²) in [6.45, 7) is 18.2. The van der Waals surface area contributed by atoms with E-state index in [9.17, 15) is 0 Å². The van der Waals surface area contributed by atoms with E-state index in [2.05, 4.69) is 38.5 Å². The minimum Gasteiger partial charge on any atom is -0.383 e. The summed E-state index contributed by atoms with van der Waals surface area (Å²) in [4.78, 5) is 2.48. The number of hydrogen-bond donors (Lipinski definition) is 1. The van der Waals surface area contributed by atoms with Crippen LogP contribution in [0.15, 0.2) is 0 Å². The summed E-state index contributed by atoms with van der Waals surface area (Å²) >= 11 is 0. The van der Waals surface area contributed by atoms with Gasteiger partial charge in [0.1, 0.15) is 0 Å². The van der Waals surface area contributed by atoms with Gasteiger partial charge in [-0.2, -0.15) is 0 Å². The second-order valence-corrected chi connectivity index (χ2v) is 6.40. The molecule has 24 heavy (non-hydrogen) atoms. The lowest BCUT2D eigenvalue weighted by Crippen LogP contribution is -2.36. The quantitative estimate of drug-likeness (QED) is 0.745. The monoisotopic (exact) mass is 344 g/mol. The number of hydrogen-bond acceptors (Lipinski definition) is 4. The van der Waals surface area contributed by atoms with Crippen molar-refractivity contribution in [1.29, 1.82) is 0 Å². The van der Waals surface area contributed by atoms with Crippen molar-refractivity contribution in [3.63, 3.8) is 0 Å². The third-order valence-electron chi connectivity index (χ3n) is 3.47. The molecule has 1 saturated heterocycles. The van der Waals surface area contributed by atoms with E-state index in [1.165, 1.54) is 32.4 Å². The Kier molecular flexibility index (Phi) is 24.0. The van der Waals surface area contributed by atoms with Gasteiger partial charge in [-0.15, -0.1) is 12.8 Å². The third kappa shape index (κ3) is 21.4. The summed E-state index contributed by atoms with van der Waals surface area (Å²) in [6, 6.07) is 0. The molecular formula is C20H44N2O2. The number of terminal acetylenes is 1. The SMILES string of the molecule is C#C.CC.CCOC(C)(C)C.COCCN1CCC(CCN)CC1. The van der Waals surface area contributed by atoms with Crippen molar-refractivity contribution in [1.82, 2.24) is 4.90 Å². The normalized spacial score (nSPS) is 15.1. The molecular weight excluding hydrogens is 300 g/mol. The van der Waals surface area contributed by atoms with E-state index in [0.717, 1.165) is 32.2 Å². The molecule has 4 heteroatoms. The van der Waals surface area contributed by atoms with Crippen LogP contribution in [-0.2, 0) is 9.47 Å². The highest BCUT2D eigenvalue weighted by Crippen LogP contribution is 2.19. The van der Waals surface area contributed by atoms with Gasteiger partial charge in [0.05, 0.1) is 12.2 Å². The smallest absolute Gasteiger partial charge is 0.0598 e. The Balaban J connectivity index is -0.000000341. The maximum atomic E-state index is 5.54. The van der Waals surface area contributed by atoms with Gasteiger partial charge in [-0.3, -0.25) is 0 Å². The van der Waals surface area contributed by atoms with Crippen molar-refractivity contribution < 1.29 is 9.47 Å². The fraction of sp³-hybridized carbons (Fsp3) is 0.900. The van der Waals surface area contributed by atoms with Crippen LogP contribution in [0.2, 0.25) is 0 Å². The van der Waals surface area contributed by atoms with Crippen LogP contribution in [0.1, 0.15) is 60.8 Å². The van der Waals surface area contributed by atoms with Gasteiger partial charge in [0.15, 0.2) is 0 Å². The van der Waals surface area contributed by atoms with E-state index < -0.39 is 0 Å². The van der Waals surface area contributed by atoms with Crippen molar-refractivity contribution in [2.45, 2.75) is 66.4 Å². The van der Waals surface area contributed by atoms with Gasteiger partial charge in [-0.05, 0) is 72.5 Å². The summed E-state index contributed by atoms with van der Waals surface area (Å²) < 4.78 is 10.3. The van der Waals surface area contributed by atoms with Crippen LogP contribution in [0.3, 0.4) is 0 Å². The van der Waals surface area contributed by atoms with Gasteiger partial charge in [0.25, 0.3) is 0 Å². The predicted molar refractivity (Wildman–Crippen MR) is 107 cm³/mol. The van der Waals surface area contributed by atoms with Crippen LogP contribution >= 0.6 is 0 Å². The number of nitrogens with two attached hydrogens (primary N) is 1. The van der Waals surface area contributed by atoms with Crippen LogP contribution in [0.4, 0.5) is 0 Å². The summed E-state index contributed by atoms with van der Waals surface area (Å²) in [6.07, 6.45) is 11.8. The minimum atomic E-state index is 0.0503. The van der Waals surface area contributed by atoms with Gasteiger partial charge in [0, 0.05) is 20.3 Å². The largest absolute Gasteiger partial charge is 0.383 e. The molecule has 0 bridgehead atoms. The first-order chi connectivity index (χ1) is 11.4. The third-order valence-corrected chi connectivity index (χ3v) is 3.47. The Hall–Kier alpha value is -0.600. The van der Waals surface area contributed by atoms with Gasteiger partial charge in [-0.25, -0.2) is 0 Å². The standard InChI is InChI=1S/C10H22N2O.C6H14O.C2H6.C2H2/c1-13-9-8-12-6-3-10(2-5-11)4-7-12;1-5-7-6(2,3)4;2*1-2/h10H,2-9,11H2,1H3;5H2,1-4H3;1-2H3;1-2H. The molecule has 4 nitrogen and oxygen atoms in total. The predicted octanol–water partition coefficient (Wildman–Crippen LogP) is 3.79. The summed E-state index contributed by atoms with van der Waals surface area (Å²) in [5.41, 5.74) is 5.59. The van der Waals surface area contributed by atoms with Gasteiger partial charge >= 0.3 is 0 Å². The Labute approximate surface area is 152 Å². The molecule has 0 aromatic heterocycles. The van der Waals surface area contributed by atoms with Crippen molar-refractivity contribution in [2.24, 2.45) is 11.7 Å². The maximum absolute atomic E-state index is 5.54. The second kappa shape index (κ2) is 20.4. The highest BCUT2D eigenvalue weighted by molar-refractivity contribution is 4.72. The number of nitrogens with zero attached hydrogens (tertiary/aromatic N) is 1. The Morgan fingerprint density at radius 3 is 1.92 bits per heavy atom. The lowest BCUT2D eigenvalue weighted by atomic mass is 9.94. The Morgan fingerprint density at radius 2 is 1.62 bits per heavy atom. The summed E-state index contributed by atoms with van der Waals surface area (Å²) in [5, 5.41) is 0. The molecule has 0 amide bonds. The average Bonchev–Trinajstić information content (AvgIpc) is 2.58. The first kappa shape index (κ1) is 28.2. The van der Waals surface area contributed by atoms with E-state index in [1.807, 2.05) is 20.8 Å². The number of methoxy groups -OCH3 is 1. The highest BCUT2D eigenvalue weighted by Gasteiger charge is 2.17. The summed E-state index contributed by atoms with van der Waals surface area (Å²) in [5.74, 6) is 0.879. The van der Waals surface area contributed by atoms with Crippen LogP contribution in [0.25, 0.3) is 0 Å². The van der Waals surface area contributed by atoms with E-state index in [-0.39, 0.29) is 5.60 Å². The molecule has 1 fully saturated rings. The number of rotatable bonds is 6. The number of likely N-dealkylation sites (tertiary alicyclic amines) is 1. The molecule has 1 aliphatic heterocycles. The van der Waals surface area contributed by atoms with Crippen LogP contribution in [-0.4, -0.2) is 57.0 Å². The van der Waals surface area contributed by atoms with Gasteiger partial charge in [-0.1, -0.05) is 13.8 Å². The van der Waals surface area contributed by atoms with Crippen molar-refractivity contribution in [2.75, 3.05) is 46.5 Å². The number of piperidine rings is 1. The maximum Gasteiger partial charge on any atom is 0.0598 e. The molecule has 1 heterocycles. The second-order valence-electron chi connectivity index (χ2n) is 6.40. The van der Waals surface area contributed by atoms with Crippen LogP contribution < -0.4 is 5.73 Å². The molecule has 0 unspecified atom stereocenters. The van der Waals surface area contributed by atoms with Gasteiger partial charge < -0.3 is 20.1 Å². The molecule has 0 aromatic rings. The fourth-order valence-corrected chi connectivity index (χ4v) is 2.39. The molecule has 0 radical (unpaired) electrons. The molecule has 0 atom stereocenters. The number of ether oxygens (including phenoxy) is 2. The minimum absolute atomic E-state index is 0.0503. The molecule has 0 aromatic carbocycles. The van der Waals surface area contributed by atoms with Crippen LogP contribution in [0.5, 0.6) is 0 Å². The molecule has 1 aliphatic rings. The van der Waals surface area contributed by atoms with E-state index in [0.29, 0.717) is 0 Å². The van der Waals surface area contributed by atoms with E-state index in [4.69, 9.17) is 15.2 Å². The van der Waals surface area contributed by atoms with Crippen LogP contribution in [0, 0.1) is 18.8 Å². The van der Waals surface area contributed by atoms with Gasteiger partial charge in [0.2, 0.25) is 0 Å². The van der Waals surface area contributed by atoms with E-state index in [1.54, 1.807) is 7.11 Å². The summed E-state index contributed by atoms with van der Waals surface area (Å²) in [7, 11) is 1.77. The molecule has 2 N–H and O–H groups in total. The zero-order valence-electron chi connectivity index (χ0n) is 17.4. The molecule has 0 saturated carbocycles. The highest BCUT2D eigenvalue weighted by atomic mass is 16.5. The van der Waals surface area contributed by atoms with Crippen molar-refractivity contribution >= 4 is 0 Å². The lowest BCUT2D eigenvalue weighted by Gasteiger charge is -2.31. The van der Waals surface area contributed by atoms with E-state index >= 15 is 0 Å². The first-order valence-electron chi connectivity index (χ1n) is 9.31. The topological polar surface area (TPSA) is 47.7 Å². The van der Waals surface area contributed by atoms with Crippen molar-refractivity contribution in [3.8, 4) is 12.8 Å². The molecule has 0 spiro atoms. The lowest BCUT2D eigenvalue weighted by molar-refractivity contribution is 0.00532. The zero-order valence-corrected chi connectivity index (χ0v) is 17.4. The molecule has 0 aliphatic carbocycles. The fourth-order valence-electron chi connectivity index (χ4n) is 2.39. The first-order valence-corrected chi connectivity index (χ1v) is 9.31.